The predicted octanol–water partition coefficient (Wildman–Crippen LogP) is 0.977. The van der Waals surface area contributed by atoms with Gasteiger partial charge in [-0.1, -0.05) is 6.07 Å². The average Bonchev–Trinajstić information content (AvgIpc) is 3.21. The van der Waals surface area contributed by atoms with Crippen molar-refractivity contribution in [3.05, 3.63) is 30.6 Å². The van der Waals surface area contributed by atoms with E-state index in [1.807, 2.05) is 6.07 Å². The van der Waals surface area contributed by atoms with Crippen LogP contribution in [-0.2, 0) is 10.0 Å². The summed E-state index contributed by atoms with van der Waals surface area (Å²) >= 11 is 0. The second-order valence-corrected chi connectivity index (χ2v) is 7.40. The number of tetrazole rings is 1. The van der Waals surface area contributed by atoms with Crippen molar-refractivity contribution in [2.45, 2.75) is 24.2 Å². The van der Waals surface area contributed by atoms with Gasteiger partial charge >= 0.3 is 0 Å². The average molecular weight is 332 g/mol. The van der Waals surface area contributed by atoms with Crippen LogP contribution in [-0.4, -0.2) is 46.0 Å². The maximum absolute atomic E-state index is 12.9. The number of aromatic nitrogens is 4. The van der Waals surface area contributed by atoms with Gasteiger partial charge in [0, 0.05) is 19.5 Å². The van der Waals surface area contributed by atoms with Crippen LogP contribution in [0.15, 0.2) is 35.5 Å². The third kappa shape index (κ3) is 3.55. The summed E-state index contributed by atoms with van der Waals surface area (Å²) in [4.78, 5) is 0.184. The molecule has 0 spiro atoms. The van der Waals surface area contributed by atoms with E-state index in [9.17, 15) is 8.42 Å². The Hall–Kier alpha value is -2.31. The minimum Gasteiger partial charge on any atom is -0.207 e. The van der Waals surface area contributed by atoms with Gasteiger partial charge in [0.25, 0.3) is 0 Å². The third-order valence-electron chi connectivity index (χ3n) is 3.70. The maximum Gasteiger partial charge on any atom is 0.243 e. The molecule has 1 heterocycles. The van der Waals surface area contributed by atoms with E-state index in [0.29, 0.717) is 18.2 Å². The zero-order chi connectivity index (χ0) is 16.3. The summed E-state index contributed by atoms with van der Waals surface area (Å²) in [5, 5.41) is 19.6. The topological polar surface area (TPSA) is 105 Å². The molecule has 1 aliphatic carbocycles. The van der Waals surface area contributed by atoms with Gasteiger partial charge in [-0.2, -0.15) is 9.57 Å². The molecule has 120 valence electrons. The number of benzene rings is 1. The van der Waals surface area contributed by atoms with Crippen LogP contribution in [0.1, 0.15) is 19.3 Å². The Labute approximate surface area is 134 Å². The van der Waals surface area contributed by atoms with Gasteiger partial charge in [0.15, 0.2) is 0 Å². The van der Waals surface area contributed by atoms with Crippen molar-refractivity contribution < 1.29 is 8.42 Å². The van der Waals surface area contributed by atoms with Crippen molar-refractivity contribution in [2.75, 3.05) is 13.1 Å². The highest BCUT2D eigenvalue weighted by Gasteiger charge is 2.31. The summed E-state index contributed by atoms with van der Waals surface area (Å²) in [6.45, 7) is 0.684. The molecule has 0 bridgehead atoms. The Morgan fingerprint density at radius 2 is 2.22 bits per heavy atom. The normalized spacial score (nSPS) is 14.8. The van der Waals surface area contributed by atoms with Crippen LogP contribution in [0.2, 0.25) is 0 Å². The van der Waals surface area contributed by atoms with Crippen molar-refractivity contribution >= 4 is 10.0 Å². The van der Waals surface area contributed by atoms with E-state index in [1.54, 1.807) is 18.2 Å². The molecule has 0 unspecified atom stereocenters. The lowest BCUT2D eigenvalue weighted by Gasteiger charge is -2.21. The van der Waals surface area contributed by atoms with Gasteiger partial charge in [0.2, 0.25) is 10.0 Å². The van der Waals surface area contributed by atoms with E-state index >= 15 is 0 Å². The summed E-state index contributed by atoms with van der Waals surface area (Å²) in [6.07, 6.45) is 3.68. The van der Waals surface area contributed by atoms with E-state index in [0.717, 1.165) is 12.8 Å². The number of rotatable bonds is 7. The fourth-order valence-corrected chi connectivity index (χ4v) is 3.84. The Balaban J connectivity index is 1.90. The molecule has 1 saturated carbocycles. The number of sulfonamides is 1. The Bertz CT molecular complexity index is 808. The fourth-order valence-electron chi connectivity index (χ4n) is 2.29. The highest BCUT2D eigenvalue weighted by molar-refractivity contribution is 7.89. The summed E-state index contributed by atoms with van der Waals surface area (Å²) in [5.41, 5.74) is 0.572. The second kappa shape index (κ2) is 6.44. The largest absolute Gasteiger partial charge is 0.243 e. The molecule has 0 N–H and O–H groups in total. The molecule has 1 aromatic carbocycles. The summed E-state index contributed by atoms with van der Waals surface area (Å²) in [5.74, 6) is 0.408. The summed E-state index contributed by atoms with van der Waals surface area (Å²) in [6, 6.07) is 8.49. The zero-order valence-electron chi connectivity index (χ0n) is 12.4. The lowest BCUT2D eigenvalue weighted by molar-refractivity contribution is 0.402. The van der Waals surface area contributed by atoms with Gasteiger partial charge in [-0.3, -0.25) is 0 Å². The Kier molecular flexibility index (Phi) is 4.36. The molecule has 3 rings (SSSR count). The molecule has 8 nitrogen and oxygen atoms in total. The lowest BCUT2D eigenvalue weighted by Crippen LogP contribution is -2.33. The molecule has 9 heteroatoms. The van der Waals surface area contributed by atoms with E-state index < -0.39 is 10.0 Å². The van der Waals surface area contributed by atoms with Gasteiger partial charge < -0.3 is 0 Å². The van der Waals surface area contributed by atoms with Crippen molar-refractivity contribution in [1.82, 2.24) is 24.5 Å². The first-order valence-electron chi connectivity index (χ1n) is 7.32. The molecule has 0 aliphatic heterocycles. The van der Waals surface area contributed by atoms with Gasteiger partial charge in [-0.05, 0) is 47.4 Å². The van der Waals surface area contributed by atoms with Crippen LogP contribution in [0.25, 0.3) is 5.69 Å². The van der Waals surface area contributed by atoms with Crippen molar-refractivity contribution in [3.63, 3.8) is 0 Å². The maximum atomic E-state index is 12.9. The Morgan fingerprint density at radius 3 is 2.87 bits per heavy atom. The predicted molar refractivity (Wildman–Crippen MR) is 80.9 cm³/mol. The van der Waals surface area contributed by atoms with E-state index in [1.165, 1.54) is 21.4 Å². The molecule has 1 fully saturated rings. The minimum atomic E-state index is -3.64. The Morgan fingerprint density at radius 1 is 1.39 bits per heavy atom. The molecule has 1 aliphatic rings. The number of nitrogens with zero attached hydrogens (tertiary/aromatic N) is 6. The molecular formula is C14H16N6O2S. The highest BCUT2D eigenvalue weighted by atomic mass is 32.2. The molecular weight excluding hydrogens is 316 g/mol. The van der Waals surface area contributed by atoms with Crippen LogP contribution >= 0.6 is 0 Å². The second-order valence-electron chi connectivity index (χ2n) is 5.47. The lowest BCUT2D eigenvalue weighted by atomic mass is 10.3. The van der Waals surface area contributed by atoms with E-state index in [4.69, 9.17) is 5.26 Å². The quantitative estimate of drug-likeness (QED) is 0.748. The van der Waals surface area contributed by atoms with Gasteiger partial charge in [-0.25, -0.2) is 13.1 Å². The molecule has 1 aromatic heterocycles. The zero-order valence-corrected chi connectivity index (χ0v) is 13.2. The van der Waals surface area contributed by atoms with Gasteiger partial charge in [0.05, 0.1) is 16.7 Å². The SMILES string of the molecule is N#CCCN(CC1CC1)S(=O)(=O)c1cccc(-n2cnnn2)c1. The van der Waals surface area contributed by atoms with E-state index in [2.05, 4.69) is 15.5 Å². The summed E-state index contributed by atoms with van der Waals surface area (Å²) < 4.78 is 28.6. The standard InChI is InChI=1S/C14H16N6O2S/c15-7-2-8-19(10-12-5-6-12)23(21,22)14-4-1-3-13(9-14)20-11-16-17-18-20/h1,3-4,9,11-12H,2,5-6,8,10H2. The first kappa shape index (κ1) is 15.6. The fraction of sp³-hybridized carbons (Fsp3) is 0.429. The monoisotopic (exact) mass is 332 g/mol. The molecule has 23 heavy (non-hydrogen) atoms. The highest BCUT2D eigenvalue weighted by Crippen LogP contribution is 2.32. The van der Waals surface area contributed by atoms with Crippen LogP contribution < -0.4 is 0 Å². The number of hydrogen-bond donors (Lipinski definition) is 0. The molecule has 0 radical (unpaired) electrons. The first-order chi connectivity index (χ1) is 11.1. The van der Waals surface area contributed by atoms with E-state index in [-0.39, 0.29) is 17.9 Å². The van der Waals surface area contributed by atoms with Crippen LogP contribution in [0.3, 0.4) is 0 Å². The molecule has 0 amide bonds. The summed E-state index contributed by atoms with van der Waals surface area (Å²) in [7, 11) is -3.64. The molecule has 0 atom stereocenters. The van der Waals surface area contributed by atoms with Crippen LogP contribution in [0.5, 0.6) is 0 Å². The molecule has 2 aromatic rings. The molecule has 0 saturated heterocycles. The van der Waals surface area contributed by atoms with Crippen molar-refractivity contribution in [1.29, 1.82) is 5.26 Å². The van der Waals surface area contributed by atoms with Gasteiger partial charge in [-0.15, -0.1) is 5.10 Å². The smallest absolute Gasteiger partial charge is 0.207 e. The van der Waals surface area contributed by atoms with Crippen molar-refractivity contribution in [3.8, 4) is 11.8 Å². The third-order valence-corrected chi connectivity index (χ3v) is 5.56. The number of nitriles is 1. The first-order valence-corrected chi connectivity index (χ1v) is 8.76. The van der Waals surface area contributed by atoms with Gasteiger partial charge in [0.1, 0.15) is 6.33 Å². The van der Waals surface area contributed by atoms with Crippen molar-refractivity contribution in [2.24, 2.45) is 5.92 Å². The van der Waals surface area contributed by atoms with Crippen LogP contribution in [0, 0.1) is 17.2 Å². The minimum absolute atomic E-state index is 0.179. The number of hydrogen-bond acceptors (Lipinski definition) is 6. The van der Waals surface area contributed by atoms with Crippen LogP contribution in [0.4, 0.5) is 0 Å².